The Hall–Kier alpha value is -0.560. The van der Waals surface area contributed by atoms with Gasteiger partial charge in [0, 0.05) is 30.9 Å². The fraction of sp³-hybridized carbons (Fsp3) is 0.667. The predicted octanol–water partition coefficient (Wildman–Crippen LogP) is 4.18. The Labute approximate surface area is 190 Å². The first-order valence-corrected chi connectivity index (χ1v) is 12.7. The Morgan fingerprint density at radius 1 is 1.27 bits per heavy atom. The van der Waals surface area contributed by atoms with Crippen molar-refractivity contribution in [2.24, 2.45) is 11.8 Å². The van der Waals surface area contributed by atoms with Crippen LogP contribution in [-0.4, -0.2) is 57.6 Å². The molecule has 0 bridgehead atoms. The number of aliphatic hydroxyl groups excluding tert-OH is 3. The van der Waals surface area contributed by atoms with E-state index < -0.39 is 12.2 Å². The summed E-state index contributed by atoms with van der Waals surface area (Å²) in [6.45, 7) is 3.50. The molecule has 3 N–H and O–H groups in total. The Balaban J connectivity index is 1.85. The Kier molecular flexibility index (Phi) is 12.4. The van der Waals surface area contributed by atoms with Gasteiger partial charge < -0.3 is 20.1 Å². The number of hydrogen-bond donors (Lipinski definition) is 3. The van der Waals surface area contributed by atoms with Crippen molar-refractivity contribution in [1.29, 1.82) is 0 Å². The number of alkyl halides is 1. The SMILES string of the molecule is CCOCc1cccc(C[C@H](O)/C=C/[C@@H]2[C@@H](CCSCCCCO)[C@H](Cl)C[C@H]2O)c1. The zero-order chi connectivity index (χ0) is 21.8. The molecular weight excluding hydrogens is 420 g/mol. The highest BCUT2D eigenvalue weighted by atomic mass is 35.5. The molecule has 0 spiro atoms. The molecule has 0 aliphatic heterocycles. The fourth-order valence-electron chi connectivity index (χ4n) is 4.00. The van der Waals surface area contributed by atoms with Crippen molar-refractivity contribution < 1.29 is 20.1 Å². The van der Waals surface area contributed by atoms with E-state index in [0.29, 0.717) is 26.1 Å². The smallest absolute Gasteiger partial charge is 0.0761 e. The topological polar surface area (TPSA) is 69.9 Å². The van der Waals surface area contributed by atoms with Gasteiger partial charge in [-0.05, 0) is 61.2 Å². The first-order valence-electron chi connectivity index (χ1n) is 11.1. The van der Waals surface area contributed by atoms with E-state index in [2.05, 4.69) is 6.07 Å². The Morgan fingerprint density at radius 3 is 2.83 bits per heavy atom. The first-order chi connectivity index (χ1) is 14.5. The summed E-state index contributed by atoms with van der Waals surface area (Å²) in [6, 6.07) is 8.11. The zero-order valence-electron chi connectivity index (χ0n) is 18.0. The lowest BCUT2D eigenvalue weighted by Crippen LogP contribution is -2.20. The highest BCUT2D eigenvalue weighted by Gasteiger charge is 2.39. The maximum absolute atomic E-state index is 10.5. The zero-order valence-corrected chi connectivity index (χ0v) is 19.5. The van der Waals surface area contributed by atoms with Crippen LogP contribution in [0.3, 0.4) is 0 Å². The first kappa shape index (κ1) is 25.7. The van der Waals surface area contributed by atoms with Crippen molar-refractivity contribution in [3.63, 3.8) is 0 Å². The maximum atomic E-state index is 10.5. The third kappa shape index (κ3) is 8.89. The predicted molar refractivity (Wildman–Crippen MR) is 126 cm³/mol. The molecule has 0 unspecified atom stereocenters. The number of aliphatic hydroxyl groups is 3. The molecule has 2 rings (SSSR count). The highest BCUT2D eigenvalue weighted by Crippen LogP contribution is 2.39. The fourth-order valence-corrected chi connectivity index (χ4v) is 5.53. The van der Waals surface area contributed by atoms with E-state index in [9.17, 15) is 10.2 Å². The van der Waals surface area contributed by atoms with Crippen LogP contribution in [0.1, 0.15) is 43.7 Å². The van der Waals surface area contributed by atoms with Gasteiger partial charge >= 0.3 is 0 Å². The molecule has 0 saturated heterocycles. The van der Waals surface area contributed by atoms with Crippen molar-refractivity contribution in [2.45, 2.75) is 63.2 Å². The van der Waals surface area contributed by atoms with Crippen molar-refractivity contribution in [1.82, 2.24) is 0 Å². The van der Waals surface area contributed by atoms with Crippen LogP contribution in [0.15, 0.2) is 36.4 Å². The standard InChI is InChI=1S/C24H37ClO4S/c1-2-29-17-19-7-5-6-18(14-19)15-20(27)8-9-22-21(23(25)16-24(22)28)10-13-30-12-4-3-11-26/h5-9,14,20-24,26-28H,2-4,10-13,15-17H2,1H3/b9-8+/t20-,21-,22-,23-,24-/m1/s1. The molecule has 1 saturated carbocycles. The molecule has 170 valence electrons. The van der Waals surface area contributed by atoms with Crippen LogP contribution in [0, 0.1) is 11.8 Å². The molecule has 1 aromatic carbocycles. The summed E-state index contributed by atoms with van der Waals surface area (Å²) in [4.78, 5) is 0. The monoisotopic (exact) mass is 456 g/mol. The summed E-state index contributed by atoms with van der Waals surface area (Å²) in [5.74, 6) is 2.27. The minimum atomic E-state index is -0.595. The minimum Gasteiger partial charge on any atom is -0.396 e. The number of ether oxygens (including phenoxy) is 1. The van der Waals surface area contributed by atoms with Gasteiger partial charge in [0.2, 0.25) is 0 Å². The van der Waals surface area contributed by atoms with Gasteiger partial charge in [-0.15, -0.1) is 11.6 Å². The molecule has 6 heteroatoms. The van der Waals surface area contributed by atoms with Crippen molar-refractivity contribution >= 4 is 23.4 Å². The lowest BCUT2D eigenvalue weighted by Gasteiger charge is -2.21. The average molecular weight is 457 g/mol. The number of halogens is 1. The van der Waals surface area contributed by atoms with E-state index in [4.69, 9.17) is 21.4 Å². The van der Waals surface area contributed by atoms with Gasteiger partial charge in [0.1, 0.15) is 0 Å². The van der Waals surface area contributed by atoms with Crippen molar-refractivity contribution in [3.05, 3.63) is 47.5 Å². The molecule has 0 heterocycles. The number of thioether (sulfide) groups is 1. The van der Waals surface area contributed by atoms with Gasteiger partial charge in [0.15, 0.2) is 0 Å². The lowest BCUT2D eigenvalue weighted by atomic mass is 9.91. The molecule has 1 aromatic rings. The van der Waals surface area contributed by atoms with Gasteiger partial charge in [0.05, 0.1) is 18.8 Å². The Bertz CT molecular complexity index is 627. The van der Waals surface area contributed by atoms with Crippen LogP contribution in [0.25, 0.3) is 0 Å². The quantitative estimate of drug-likeness (QED) is 0.222. The summed E-state index contributed by atoms with van der Waals surface area (Å²) in [5.41, 5.74) is 2.18. The summed E-state index contributed by atoms with van der Waals surface area (Å²) >= 11 is 8.41. The van der Waals surface area contributed by atoms with Crippen LogP contribution >= 0.6 is 23.4 Å². The van der Waals surface area contributed by atoms with Crippen molar-refractivity contribution in [3.8, 4) is 0 Å². The third-order valence-corrected chi connectivity index (χ3v) is 7.23. The largest absolute Gasteiger partial charge is 0.396 e. The molecule has 1 fully saturated rings. The highest BCUT2D eigenvalue weighted by molar-refractivity contribution is 7.99. The van der Waals surface area contributed by atoms with E-state index in [1.165, 1.54) is 0 Å². The molecule has 0 amide bonds. The van der Waals surface area contributed by atoms with Crippen LogP contribution in [-0.2, 0) is 17.8 Å². The molecule has 5 atom stereocenters. The van der Waals surface area contributed by atoms with Gasteiger partial charge in [0.25, 0.3) is 0 Å². The van der Waals surface area contributed by atoms with Gasteiger partial charge in [-0.2, -0.15) is 11.8 Å². The number of hydrogen-bond acceptors (Lipinski definition) is 5. The number of rotatable bonds is 14. The lowest BCUT2D eigenvalue weighted by molar-refractivity contribution is 0.134. The van der Waals surface area contributed by atoms with Gasteiger partial charge in [-0.3, -0.25) is 0 Å². The van der Waals surface area contributed by atoms with E-state index in [0.717, 1.165) is 41.9 Å². The van der Waals surface area contributed by atoms with E-state index in [1.54, 1.807) is 0 Å². The van der Waals surface area contributed by atoms with E-state index in [1.807, 2.05) is 49.0 Å². The molecule has 4 nitrogen and oxygen atoms in total. The van der Waals surface area contributed by atoms with Crippen LogP contribution in [0.4, 0.5) is 0 Å². The van der Waals surface area contributed by atoms with E-state index >= 15 is 0 Å². The van der Waals surface area contributed by atoms with Crippen LogP contribution < -0.4 is 0 Å². The summed E-state index contributed by atoms with van der Waals surface area (Å²) in [5, 5.41) is 29.8. The molecule has 1 aliphatic carbocycles. The molecule has 0 aromatic heterocycles. The molecule has 1 aliphatic rings. The second-order valence-corrected chi connectivity index (χ2v) is 9.79. The average Bonchev–Trinajstić information content (AvgIpc) is 3.00. The van der Waals surface area contributed by atoms with Crippen molar-refractivity contribution in [2.75, 3.05) is 24.7 Å². The second-order valence-electron chi connectivity index (χ2n) is 8.01. The Morgan fingerprint density at radius 2 is 2.07 bits per heavy atom. The minimum absolute atomic E-state index is 0.00974. The third-order valence-electron chi connectivity index (χ3n) is 5.63. The second kappa shape index (κ2) is 14.5. The van der Waals surface area contributed by atoms with Crippen LogP contribution in [0.2, 0.25) is 0 Å². The molecule has 30 heavy (non-hydrogen) atoms. The van der Waals surface area contributed by atoms with Crippen LogP contribution in [0.5, 0.6) is 0 Å². The molecular formula is C24H37ClO4S. The van der Waals surface area contributed by atoms with E-state index in [-0.39, 0.29) is 23.8 Å². The van der Waals surface area contributed by atoms with Gasteiger partial charge in [-0.25, -0.2) is 0 Å². The summed E-state index contributed by atoms with van der Waals surface area (Å²) < 4.78 is 5.46. The number of unbranched alkanes of at least 4 members (excludes halogenated alkanes) is 1. The molecule has 0 radical (unpaired) electrons. The normalized spacial score (nSPS) is 25.2. The maximum Gasteiger partial charge on any atom is 0.0761 e. The summed E-state index contributed by atoms with van der Waals surface area (Å²) in [6.07, 6.45) is 6.73. The number of benzene rings is 1. The van der Waals surface area contributed by atoms with Gasteiger partial charge in [-0.1, -0.05) is 36.4 Å². The summed E-state index contributed by atoms with van der Waals surface area (Å²) in [7, 11) is 0.